The van der Waals surface area contributed by atoms with Crippen molar-refractivity contribution in [3.05, 3.63) is 28.0 Å². The van der Waals surface area contributed by atoms with Gasteiger partial charge >= 0.3 is 0 Å². The molecule has 0 saturated carbocycles. The van der Waals surface area contributed by atoms with E-state index in [0.29, 0.717) is 10.7 Å². The van der Waals surface area contributed by atoms with E-state index in [1.54, 1.807) is 6.20 Å². The van der Waals surface area contributed by atoms with Crippen molar-refractivity contribution in [1.29, 1.82) is 5.26 Å². The lowest BCUT2D eigenvalue weighted by Gasteiger charge is -2.01. The number of hydrogen-bond donors (Lipinski definition) is 0. The van der Waals surface area contributed by atoms with Crippen molar-refractivity contribution in [2.75, 3.05) is 0 Å². The van der Waals surface area contributed by atoms with E-state index in [1.807, 2.05) is 0 Å². The summed E-state index contributed by atoms with van der Waals surface area (Å²) in [5.74, 6) is 0. The maximum atomic E-state index is 8.76. The Balaban J connectivity index is 2.66. The Morgan fingerprint density at radius 1 is 1.42 bits per heavy atom. The first-order valence-electron chi connectivity index (χ1n) is 3.89. The van der Waals surface area contributed by atoms with Gasteiger partial charge < -0.3 is 0 Å². The lowest BCUT2D eigenvalue weighted by atomic mass is 10.1. The highest BCUT2D eigenvalue weighted by Crippen LogP contribution is 2.29. The van der Waals surface area contributed by atoms with Crippen molar-refractivity contribution in [2.24, 2.45) is 0 Å². The van der Waals surface area contributed by atoms with Gasteiger partial charge in [-0.1, -0.05) is 11.6 Å². The van der Waals surface area contributed by atoms with Crippen LogP contribution in [0.5, 0.6) is 0 Å². The molecule has 0 atom stereocenters. The highest BCUT2D eigenvalue weighted by molar-refractivity contribution is 6.30. The summed E-state index contributed by atoms with van der Waals surface area (Å²) >= 11 is 5.88. The van der Waals surface area contributed by atoms with Crippen LogP contribution >= 0.6 is 11.6 Å². The second-order valence-corrected chi connectivity index (χ2v) is 3.24. The average molecular weight is 179 g/mol. The van der Waals surface area contributed by atoms with E-state index in [1.165, 1.54) is 0 Å². The van der Waals surface area contributed by atoms with Crippen molar-refractivity contribution >= 4 is 11.6 Å². The van der Waals surface area contributed by atoms with E-state index in [4.69, 9.17) is 16.9 Å². The van der Waals surface area contributed by atoms with Gasteiger partial charge in [0.2, 0.25) is 0 Å². The Morgan fingerprint density at radius 3 is 2.92 bits per heavy atom. The van der Waals surface area contributed by atoms with E-state index in [-0.39, 0.29) is 0 Å². The van der Waals surface area contributed by atoms with Crippen LogP contribution in [-0.2, 0) is 12.8 Å². The van der Waals surface area contributed by atoms with Crippen LogP contribution in [0.2, 0.25) is 5.15 Å². The zero-order valence-corrected chi connectivity index (χ0v) is 7.23. The molecule has 0 amide bonds. The van der Waals surface area contributed by atoms with E-state index < -0.39 is 0 Å². The molecule has 0 bridgehead atoms. The second-order valence-electron chi connectivity index (χ2n) is 2.89. The van der Waals surface area contributed by atoms with Gasteiger partial charge in [-0.3, -0.25) is 0 Å². The number of hydrogen-bond acceptors (Lipinski definition) is 2. The minimum absolute atomic E-state index is 0.571. The number of halogens is 1. The molecule has 3 heteroatoms. The molecule has 1 heterocycles. The first-order chi connectivity index (χ1) is 5.83. The summed E-state index contributed by atoms with van der Waals surface area (Å²) < 4.78 is 0. The van der Waals surface area contributed by atoms with Crippen LogP contribution in [0.4, 0.5) is 0 Å². The second kappa shape index (κ2) is 2.76. The van der Waals surface area contributed by atoms with E-state index >= 15 is 0 Å². The van der Waals surface area contributed by atoms with Crippen molar-refractivity contribution in [3.8, 4) is 6.07 Å². The predicted molar refractivity (Wildman–Crippen MR) is 46.0 cm³/mol. The molecule has 1 aromatic heterocycles. The maximum Gasteiger partial charge on any atom is 0.132 e. The molecule has 60 valence electrons. The lowest BCUT2D eigenvalue weighted by Crippen LogP contribution is -1.92. The SMILES string of the molecule is N#Cc1cnc(Cl)c2c1CCC2. The van der Waals surface area contributed by atoms with E-state index in [9.17, 15) is 0 Å². The topological polar surface area (TPSA) is 36.7 Å². The van der Waals surface area contributed by atoms with Crippen LogP contribution in [0.3, 0.4) is 0 Å². The number of aromatic nitrogens is 1. The number of fused-ring (bicyclic) bond motifs is 1. The van der Waals surface area contributed by atoms with E-state index in [2.05, 4.69) is 11.1 Å². The molecule has 2 rings (SSSR count). The molecule has 0 aliphatic heterocycles. The van der Waals surface area contributed by atoms with Gasteiger partial charge in [0.05, 0.1) is 5.56 Å². The van der Waals surface area contributed by atoms with Crippen LogP contribution in [0.25, 0.3) is 0 Å². The standard InChI is InChI=1S/C9H7ClN2/c10-9-8-3-1-2-7(8)6(4-11)5-12-9/h5H,1-3H2. The van der Waals surface area contributed by atoms with Crippen LogP contribution < -0.4 is 0 Å². The summed E-state index contributed by atoms with van der Waals surface area (Å²) in [6.07, 6.45) is 4.60. The summed E-state index contributed by atoms with van der Waals surface area (Å²) in [6, 6.07) is 2.13. The number of nitrogens with zero attached hydrogens (tertiary/aromatic N) is 2. The van der Waals surface area contributed by atoms with Crippen molar-refractivity contribution < 1.29 is 0 Å². The fourth-order valence-corrected chi connectivity index (χ4v) is 1.90. The number of rotatable bonds is 0. The quantitative estimate of drug-likeness (QED) is 0.571. The molecular weight excluding hydrogens is 172 g/mol. The molecule has 1 aromatic rings. The van der Waals surface area contributed by atoms with Gasteiger partial charge in [0, 0.05) is 6.20 Å². The van der Waals surface area contributed by atoms with Crippen molar-refractivity contribution in [3.63, 3.8) is 0 Å². The third-order valence-electron chi connectivity index (χ3n) is 2.22. The molecule has 0 N–H and O–H groups in total. The van der Waals surface area contributed by atoms with Gasteiger partial charge in [-0.25, -0.2) is 4.98 Å². The van der Waals surface area contributed by atoms with Gasteiger partial charge in [-0.15, -0.1) is 0 Å². The fourth-order valence-electron chi connectivity index (χ4n) is 1.64. The van der Waals surface area contributed by atoms with Gasteiger partial charge in [-0.2, -0.15) is 5.26 Å². The molecule has 1 aliphatic carbocycles. The molecule has 0 fully saturated rings. The molecular formula is C9H7ClN2. The third-order valence-corrected chi connectivity index (χ3v) is 2.55. The summed E-state index contributed by atoms with van der Waals surface area (Å²) in [4.78, 5) is 3.96. The lowest BCUT2D eigenvalue weighted by molar-refractivity contribution is 0.910. The summed E-state index contributed by atoms with van der Waals surface area (Å²) in [5.41, 5.74) is 2.88. The Morgan fingerprint density at radius 2 is 2.17 bits per heavy atom. The monoisotopic (exact) mass is 178 g/mol. The average Bonchev–Trinajstić information content (AvgIpc) is 2.54. The zero-order valence-electron chi connectivity index (χ0n) is 6.47. The van der Waals surface area contributed by atoms with Gasteiger partial charge in [-0.05, 0) is 30.4 Å². The minimum atomic E-state index is 0.571. The number of pyridine rings is 1. The summed E-state index contributed by atoms with van der Waals surface area (Å²) in [6.45, 7) is 0. The molecule has 2 nitrogen and oxygen atoms in total. The Hall–Kier alpha value is -1.07. The minimum Gasteiger partial charge on any atom is -0.243 e. The molecule has 1 aliphatic rings. The first-order valence-corrected chi connectivity index (χ1v) is 4.27. The van der Waals surface area contributed by atoms with Crippen molar-refractivity contribution in [1.82, 2.24) is 4.98 Å². The van der Waals surface area contributed by atoms with Crippen LogP contribution in [-0.4, -0.2) is 4.98 Å². The smallest absolute Gasteiger partial charge is 0.132 e. The fraction of sp³-hybridized carbons (Fsp3) is 0.333. The summed E-state index contributed by atoms with van der Waals surface area (Å²) in [5, 5.41) is 9.33. The molecule has 0 radical (unpaired) electrons. The maximum absolute atomic E-state index is 8.76. The van der Waals surface area contributed by atoms with Gasteiger partial charge in [0.1, 0.15) is 11.2 Å². The molecule has 0 aromatic carbocycles. The van der Waals surface area contributed by atoms with Gasteiger partial charge in [0.25, 0.3) is 0 Å². The Bertz CT molecular complexity index is 366. The molecule has 12 heavy (non-hydrogen) atoms. The summed E-state index contributed by atoms with van der Waals surface area (Å²) in [7, 11) is 0. The predicted octanol–water partition coefficient (Wildman–Crippen LogP) is 2.10. The molecule has 0 spiro atoms. The molecule has 0 unspecified atom stereocenters. The van der Waals surface area contributed by atoms with Crippen LogP contribution in [0.15, 0.2) is 6.20 Å². The normalized spacial score (nSPS) is 14.0. The van der Waals surface area contributed by atoms with Crippen LogP contribution in [0.1, 0.15) is 23.1 Å². The van der Waals surface area contributed by atoms with Crippen LogP contribution in [0, 0.1) is 11.3 Å². The highest BCUT2D eigenvalue weighted by Gasteiger charge is 2.18. The molecule has 0 saturated heterocycles. The zero-order chi connectivity index (χ0) is 8.55. The largest absolute Gasteiger partial charge is 0.243 e. The Kier molecular flexibility index (Phi) is 1.74. The highest BCUT2D eigenvalue weighted by atomic mass is 35.5. The van der Waals surface area contributed by atoms with Crippen molar-refractivity contribution in [2.45, 2.75) is 19.3 Å². The van der Waals surface area contributed by atoms with E-state index in [0.717, 1.165) is 30.4 Å². The number of nitriles is 1. The first kappa shape index (κ1) is 7.57. The third kappa shape index (κ3) is 0.981. The van der Waals surface area contributed by atoms with Gasteiger partial charge in [0.15, 0.2) is 0 Å². The Labute approximate surface area is 75.8 Å².